The Morgan fingerprint density at radius 2 is 1.58 bits per heavy atom. The highest BCUT2D eigenvalue weighted by Gasteiger charge is 2.53. The summed E-state index contributed by atoms with van der Waals surface area (Å²) in [5, 5.41) is 45.7. The number of methoxy groups -OCH3 is 3. The van der Waals surface area contributed by atoms with E-state index in [1.165, 1.54) is 12.0 Å². The molecule has 14 heteroatoms. The van der Waals surface area contributed by atoms with Gasteiger partial charge in [0.1, 0.15) is 18.2 Å². The van der Waals surface area contributed by atoms with Crippen LogP contribution in [0.25, 0.3) is 0 Å². The molecule has 16 unspecified atom stereocenters. The number of rotatable bonds is 6. The van der Waals surface area contributed by atoms with Crippen LogP contribution in [0.15, 0.2) is 47.6 Å². The molecule has 1 amide bonds. The van der Waals surface area contributed by atoms with Crippen LogP contribution in [0.5, 0.6) is 0 Å². The van der Waals surface area contributed by atoms with Crippen LogP contribution in [0.3, 0.4) is 0 Å². The van der Waals surface area contributed by atoms with Crippen LogP contribution in [-0.2, 0) is 42.9 Å². The monoisotopic (exact) mass is 916 g/mol. The summed E-state index contributed by atoms with van der Waals surface area (Å²) in [5.41, 5.74) is 1.23. The molecule has 3 aliphatic heterocycles. The molecule has 4 rings (SSSR count). The lowest BCUT2D eigenvalue weighted by molar-refractivity contribution is -0.317. The van der Waals surface area contributed by atoms with E-state index in [0.717, 1.165) is 12.0 Å². The SMILES string of the molecule is COC1CC2CCC(C)C(O)(O2)C(O)C(=O)N2CCCCC2C(=O)OC(C(C)CC2CCC(O)C(OC)C2)CC(=O)C(C)=CC(C)C(O)C(OC)C(=O)C(C)CC(C)C=CC=CC=C1C. The maximum Gasteiger partial charge on any atom is 0.329 e. The summed E-state index contributed by atoms with van der Waals surface area (Å²) in [6.07, 6.45) is 9.77. The lowest BCUT2D eigenvalue weighted by Gasteiger charge is -2.46. The van der Waals surface area contributed by atoms with E-state index in [1.54, 1.807) is 41.1 Å². The molecule has 65 heavy (non-hydrogen) atoms. The van der Waals surface area contributed by atoms with Crippen molar-refractivity contribution in [3.8, 4) is 0 Å². The number of aliphatic hydroxyl groups excluding tert-OH is 3. The molecule has 1 saturated carbocycles. The number of Topliss-reactive ketones (excluding diaryl/α,β-unsaturated/α-hetero) is 2. The highest BCUT2D eigenvalue weighted by Crippen LogP contribution is 2.39. The number of amides is 1. The zero-order valence-corrected chi connectivity index (χ0v) is 40.7. The molecule has 0 aromatic heterocycles. The Morgan fingerprint density at radius 3 is 2.26 bits per heavy atom. The maximum absolute atomic E-state index is 14.4. The summed E-state index contributed by atoms with van der Waals surface area (Å²) < 4.78 is 29.5. The number of hydrogen-bond donors (Lipinski definition) is 4. The molecule has 4 N–H and O–H groups in total. The van der Waals surface area contributed by atoms with Crippen molar-refractivity contribution in [2.24, 2.45) is 35.5 Å². The van der Waals surface area contributed by atoms with Crippen molar-refractivity contribution in [2.75, 3.05) is 27.9 Å². The van der Waals surface area contributed by atoms with Crippen molar-refractivity contribution in [1.82, 2.24) is 4.90 Å². The molecule has 0 aromatic rings. The Labute approximate surface area is 387 Å². The Bertz CT molecular complexity index is 1710. The second-order valence-corrected chi connectivity index (χ2v) is 19.8. The van der Waals surface area contributed by atoms with Gasteiger partial charge >= 0.3 is 5.97 Å². The minimum absolute atomic E-state index is 0.0291. The van der Waals surface area contributed by atoms with E-state index < -0.39 is 78.1 Å². The van der Waals surface area contributed by atoms with Crippen LogP contribution in [0.2, 0.25) is 0 Å². The molecule has 2 bridgehead atoms. The van der Waals surface area contributed by atoms with E-state index >= 15 is 0 Å². The lowest BCUT2D eigenvalue weighted by atomic mass is 9.78. The van der Waals surface area contributed by atoms with Gasteiger partial charge in [-0.1, -0.05) is 71.1 Å². The molecule has 1 aliphatic carbocycles. The van der Waals surface area contributed by atoms with Crippen molar-refractivity contribution >= 4 is 23.4 Å². The quantitative estimate of drug-likeness (QED) is 0.228. The molecule has 0 spiro atoms. The first-order valence-electron chi connectivity index (χ1n) is 24.1. The third-order valence-corrected chi connectivity index (χ3v) is 14.7. The average Bonchev–Trinajstić information content (AvgIpc) is 3.28. The number of aliphatic hydroxyl groups is 4. The van der Waals surface area contributed by atoms with E-state index in [-0.39, 0.29) is 60.9 Å². The van der Waals surface area contributed by atoms with Gasteiger partial charge in [-0.3, -0.25) is 14.4 Å². The first-order chi connectivity index (χ1) is 30.7. The third kappa shape index (κ3) is 14.5. The lowest BCUT2D eigenvalue weighted by Crippen LogP contribution is -2.63. The normalized spacial score (nSPS) is 39.0. The number of piperidine rings is 1. The minimum atomic E-state index is -2.23. The Hall–Kier alpha value is -3.08. The van der Waals surface area contributed by atoms with Gasteiger partial charge in [0, 0.05) is 58.5 Å². The Kier molecular flexibility index (Phi) is 21.3. The van der Waals surface area contributed by atoms with Gasteiger partial charge in [0.15, 0.2) is 17.7 Å². The van der Waals surface area contributed by atoms with Crippen molar-refractivity contribution in [3.05, 3.63) is 47.6 Å². The topological polar surface area (TPSA) is 199 Å². The molecule has 4 aliphatic rings. The molecular weight excluding hydrogens is 835 g/mol. The molecular formula is C51H81NO13. The molecule has 3 heterocycles. The highest BCUT2D eigenvalue weighted by molar-refractivity contribution is 5.95. The standard InChI is InChI=1S/C51H81NO13/c1-30-16-12-11-13-17-31(2)42(61-8)28-38-21-19-36(7)51(60,65-38)48(57)49(58)52-23-15-14-18-39(52)50(59)64-43(33(4)26-37-20-22-40(53)44(27-37)62-9)29-41(54)32(3)25-35(6)46(56)47(63-10)45(55)34(5)24-30/h11-13,16-17,25,30,33-40,42-44,46-48,53,56-57,60H,14-15,18-24,26-29H2,1-10H3. The number of carbonyl (C=O) groups excluding carboxylic acids is 4. The second-order valence-electron chi connectivity index (χ2n) is 19.8. The van der Waals surface area contributed by atoms with Crippen molar-refractivity contribution < 1.29 is 63.3 Å². The van der Waals surface area contributed by atoms with E-state index in [2.05, 4.69) is 0 Å². The number of ether oxygens (including phenoxy) is 5. The van der Waals surface area contributed by atoms with Gasteiger partial charge in [-0.25, -0.2) is 4.79 Å². The molecule has 14 nitrogen and oxygen atoms in total. The van der Waals surface area contributed by atoms with Crippen LogP contribution < -0.4 is 0 Å². The number of allylic oxidation sites excluding steroid dienone is 6. The van der Waals surface area contributed by atoms with E-state index in [4.69, 9.17) is 23.7 Å². The molecule has 368 valence electrons. The molecule has 0 radical (unpaired) electrons. The number of cyclic esters (lactones) is 1. The molecule has 0 aromatic carbocycles. The van der Waals surface area contributed by atoms with Gasteiger partial charge < -0.3 is 49.0 Å². The predicted molar refractivity (Wildman–Crippen MR) is 246 cm³/mol. The number of esters is 1. The van der Waals surface area contributed by atoms with Crippen molar-refractivity contribution in [2.45, 2.75) is 186 Å². The summed E-state index contributed by atoms with van der Waals surface area (Å²) in [6, 6.07) is -1.08. The van der Waals surface area contributed by atoms with Gasteiger partial charge in [-0.05, 0) is 107 Å². The number of ketones is 2. The van der Waals surface area contributed by atoms with E-state index in [0.29, 0.717) is 63.4 Å². The minimum Gasteiger partial charge on any atom is -0.460 e. The number of nitrogens with zero attached hydrogens (tertiary/aromatic N) is 1. The van der Waals surface area contributed by atoms with Gasteiger partial charge in [-0.15, -0.1) is 0 Å². The summed E-state index contributed by atoms with van der Waals surface area (Å²) in [5.74, 6) is -6.20. The molecule has 3 fully saturated rings. The van der Waals surface area contributed by atoms with Crippen molar-refractivity contribution in [3.63, 3.8) is 0 Å². The number of fused-ring (bicyclic) bond motifs is 3. The van der Waals surface area contributed by atoms with Crippen LogP contribution >= 0.6 is 0 Å². The zero-order valence-electron chi connectivity index (χ0n) is 40.7. The van der Waals surface area contributed by atoms with Crippen LogP contribution in [0, 0.1) is 35.5 Å². The second kappa shape index (κ2) is 25.3. The highest BCUT2D eigenvalue weighted by atomic mass is 16.6. The van der Waals surface area contributed by atoms with E-state index in [1.807, 2.05) is 58.1 Å². The van der Waals surface area contributed by atoms with E-state index in [9.17, 15) is 39.6 Å². The fourth-order valence-electron chi connectivity index (χ4n) is 10.3. The fourth-order valence-corrected chi connectivity index (χ4v) is 10.3. The maximum atomic E-state index is 14.4. The smallest absolute Gasteiger partial charge is 0.329 e. The summed E-state index contributed by atoms with van der Waals surface area (Å²) >= 11 is 0. The summed E-state index contributed by atoms with van der Waals surface area (Å²) in [7, 11) is 4.55. The fraction of sp³-hybridized carbons (Fsp3) is 0.765. The Balaban J connectivity index is 1.70. The van der Waals surface area contributed by atoms with Crippen LogP contribution in [0.4, 0.5) is 0 Å². The molecule has 16 atom stereocenters. The third-order valence-electron chi connectivity index (χ3n) is 14.7. The first kappa shape index (κ1) is 54.5. The van der Waals surface area contributed by atoms with Crippen LogP contribution in [-0.4, -0.2) is 137 Å². The van der Waals surface area contributed by atoms with Gasteiger partial charge in [0.05, 0.1) is 30.5 Å². The summed E-state index contributed by atoms with van der Waals surface area (Å²) in [6.45, 7) is 12.9. The number of carbonyl (C=O) groups is 4. The first-order valence-corrected chi connectivity index (χ1v) is 24.1. The van der Waals surface area contributed by atoms with Gasteiger partial charge in [0.2, 0.25) is 5.79 Å². The molecule has 2 saturated heterocycles. The largest absolute Gasteiger partial charge is 0.460 e. The Morgan fingerprint density at radius 1 is 0.862 bits per heavy atom. The van der Waals surface area contributed by atoms with Gasteiger partial charge in [0.25, 0.3) is 5.91 Å². The predicted octanol–water partition coefficient (Wildman–Crippen LogP) is 5.97. The van der Waals surface area contributed by atoms with Gasteiger partial charge in [-0.2, -0.15) is 0 Å². The van der Waals surface area contributed by atoms with Crippen LogP contribution in [0.1, 0.15) is 126 Å². The number of hydrogen-bond acceptors (Lipinski definition) is 13. The van der Waals surface area contributed by atoms with Crippen molar-refractivity contribution in [1.29, 1.82) is 0 Å². The summed E-state index contributed by atoms with van der Waals surface area (Å²) in [4.78, 5) is 57.8. The zero-order chi connectivity index (χ0) is 48.2. The average molecular weight is 916 g/mol.